The van der Waals surface area contributed by atoms with Gasteiger partial charge >= 0.3 is 0 Å². The molecule has 0 saturated heterocycles. The second kappa shape index (κ2) is 6.59. The summed E-state index contributed by atoms with van der Waals surface area (Å²) in [5, 5.41) is 3.48. The molecule has 2 rings (SSSR count). The lowest BCUT2D eigenvalue weighted by molar-refractivity contribution is 0.0939. The van der Waals surface area contributed by atoms with Crippen LogP contribution in [0.5, 0.6) is 0 Å². The van der Waals surface area contributed by atoms with Crippen LogP contribution in [0.2, 0.25) is 5.02 Å². The fraction of sp³-hybridized carbons (Fsp3) is 0.188. The molecule has 0 aromatic heterocycles. The Morgan fingerprint density at radius 1 is 1.33 bits per heavy atom. The zero-order valence-electron chi connectivity index (χ0n) is 11.6. The molecule has 1 atom stereocenters. The molecule has 3 N–H and O–H groups in total. The summed E-state index contributed by atoms with van der Waals surface area (Å²) in [5.74, 6) is -0.923. The fourth-order valence-electron chi connectivity index (χ4n) is 2.04. The Bertz CT molecular complexity index is 660. The van der Waals surface area contributed by atoms with Crippen LogP contribution in [0.4, 0.5) is 10.1 Å². The topological polar surface area (TPSA) is 55.1 Å². The first-order chi connectivity index (χ1) is 9.95. The van der Waals surface area contributed by atoms with E-state index in [-0.39, 0.29) is 23.2 Å². The molecular formula is C16H16ClFN2O. The number of carbonyl (C=O) groups is 1. The lowest BCUT2D eigenvalue weighted by atomic mass is 10.1. The molecule has 21 heavy (non-hydrogen) atoms. The Kier molecular flexibility index (Phi) is 4.81. The van der Waals surface area contributed by atoms with E-state index in [4.69, 9.17) is 17.3 Å². The summed E-state index contributed by atoms with van der Waals surface area (Å²) >= 11 is 5.92. The minimum absolute atomic E-state index is 0.0264. The quantitative estimate of drug-likeness (QED) is 0.850. The zero-order valence-corrected chi connectivity index (χ0v) is 12.3. The summed E-state index contributed by atoms with van der Waals surface area (Å²) < 4.78 is 13.3. The van der Waals surface area contributed by atoms with E-state index in [1.165, 1.54) is 12.1 Å². The van der Waals surface area contributed by atoms with E-state index < -0.39 is 5.82 Å². The van der Waals surface area contributed by atoms with Gasteiger partial charge in [0, 0.05) is 16.6 Å². The molecule has 1 unspecified atom stereocenters. The van der Waals surface area contributed by atoms with Crippen LogP contribution in [-0.2, 0) is 6.42 Å². The molecule has 0 aliphatic heterocycles. The summed E-state index contributed by atoms with van der Waals surface area (Å²) in [7, 11) is 0. The number of halogens is 2. The molecule has 0 radical (unpaired) electrons. The molecule has 110 valence electrons. The Labute approximate surface area is 127 Å². The molecule has 2 aromatic rings. The van der Waals surface area contributed by atoms with Gasteiger partial charge in [0.25, 0.3) is 5.91 Å². The molecule has 2 aromatic carbocycles. The lowest BCUT2D eigenvalue weighted by Crippen LogP contribution is -2.34. The molecule has 0 saturated carbocycles. The largest absolute Gasteiger partial charge is 0.396 e. The summed E-state index contributed by atoms with van der Waals surface area (Å²) in [6.45, 7) is 1.88. The van der Waals surface area contributed by atoms with Gasteiger partial charge in [0.05, 0.1) is 5.69 Å². The molecule has 0 fully saturated rings. The number of hydrogen-bond donors (Lipinski definition) is 2. The smallest absolute Gasteiger partial charge is 0.251 e. The van der Waals surface area contributed by atoms with Crippen molar-refractivity contribution in [3.05, 3.63) is 64.4 Å². The molecule has 5 heteroatoms. The van der Waals surface area contributed by atoms with Gasteiger partial charge in [0.15, 0.2) is 0 Å². The summed E-state index contributed by atoms with van der Waals surface area (Å²) in [5.41, 5.74) is 6.69. The average Bonchev–Trinajstić information content (AvgIpc) is 2.41. The van der Waals surface area contributed by atoms with Gasteiger partial charge in [0.1, 0.15) is 5.82 Å². The van der Waals surface area contributed by atoms with Crippen LogP contribution in [0, 0.1) is 5.82 Å². The van der Waals surface area contributed by atoms with Gasteiger partial charge < -0.3 is 11.1 Å². The molecule has 0 spiro atoms. The predicted molar refractivity (Wildman–Crippen MR) is 82.9 cm³/mol. The maximum atomic E-state index is 13.3. The van der Waals surface area contributed by atoms with E-state index in [9.17, 15) is 9.18 Å². The van der Waals surface area contributed by atoms with Crippen LogP contribution in [0.25, 0.3) is 0 Å². The van der Waals surface area contributed by atoms with Crippen molar-refractivity contribution >= 4 is 23.2 Å². The number of nitrogens with one attached hydrogen (secondary N) is 1. The number of nitrogens with two attached hydrogens (primary N) is 1. The third-order valence-corrected chi connectivity index (χ3v) is 3.31. The van der Waals surface area contributed by atoms with Gasteiger partial charge in [-0.25, -0.2) is 4.39 Å². The number of hydrogen-bond acceptors (Lipinski definition) is 2. The molecule has 0 bridgehead atoms. The molecule has 3 nitrogen and oxygen atoms in total. The summed E-state index contributed by atoms with van der Waals surface area (Å²) in [4.78, 5) is 12.0. The van der Waals surface area contributed by atoms with Crippen LogP contribution >= 0.6 is 11.6 Å². The Balaban J connectivity index is 2.00. The van der Waals surface area contributed by atoms with E-state index >= 15 is 0 Å². The van der Waals surface area contributed by atoms with Gasteiger partial charge in [-0.1, -0.05) is 23.7 Å². The molecule has 0 heterocycles. The number of rotatable bonds is 4. The van der Waals surface area contributed by atoms with Gasteiger partial charge in [-0.15, -0.1) is 0 Å². The standard InChI is InChI=1S/C16H16ClFN2O/c1-10(7-11-3-2-4-13(17)8-11)20-16(21)12-5-6-15(19)14(18)9-12/h2-6,8-10H,7,19H2,1H3,(H,20,21). The number of carbonyl (C=O) groups excluding carboxylic acids is 1. The highest BCUT2D eigenvalue weighted by Crippen LogP contribution is 2.14. The van der Waals surface area contributed by atoms with E-state index in [0.717, 1.165) is 11.6 Å². The van der Waals surface area contributed by atoms with Crippen LogP contribution in [0.15, 0.2) is 42.5 Å². The Hall–Kier alpha value is -2.07. The number of nitrogen functional groups attached to an aromatic ring is 1. The van der Waals surface area contributed by atoms with Crippen molar-refractivity contribution in [2.75, 3.05) is 5.73 Å². The van der Waals surface area contributed by atoms with Crippen LogP contribution in [0.1, 0.15) is 22.8 Å². The second-order valence-electron chi connectivity index (χ2n) is 4.94. The van der Waals surface area contributed by atoms with E-state index in [1.807, 2.05) is 25.1 Å². The van der Waals surface area contributed by atoms with Gasteiger partial charge in [-0.2, -0.15) is 0 Å². The van der Waals surface area contributed by atoms with E-state index in [2.05, 4.69) is 5.32 Å². The van der Waals surface area contributed by atoms with Crippen LogP contribution in [0.3, 0.4) is 0 Å². The van der Waals surface area contributed by atoms with Crippen molar-refractivity contribution < 1.29 is 9.18 Å². The van der Waals surface area contributed by atoms with Crippen molar-refractivity contribution in [2.24, 2.45) is 0 Å². The Morgan fingerprint density at radius 3 is 2.76 bits per heavy atom. The van der Waals surface area contributed by atoms with Gasteiger partial charge in [0.2, 0.25) is 0 Å². The lowest BCUT2D eigenvalue weighted by Gasteiger charge is -2.14. The predicted octanol–water partition coefficient (Wildman–Crippen LogP) is 3.42. The third-order valence-electron chi connectivity index (χ3n) is 3.07. The van der Waals surface area contributed by atoms with Crippen molar-refractivity contribution in [1.29, 1.82) is 0 Å². The maximum absolute atomic E-state index is 13.3. The highest BCUT2D eigenvalue weighted by atomic mass is 35.5. The first-order valence-corrected chi connectivity index (χ1v) is 6.94. The fourth-order valence-corrected chi connectivity index (χ4v) is 2.26. The monoisotopic (exact) mass is 306 g/mol. The minimum Gasteiger partial charge on any atom is -0.396 e. The van der Waals surface area contributed by atoms with Gasteiger partial charge in [-0.05, 0) is 49.2 Å². The first kappa shape index (κ1) is 15.3. The highest BCUT2D eigenvalue weighted by Gasteiger charge is 2.12. The first-order valence-electron chi connectivity index (χ1n) is 6.56. The number of anilines is 1. The normalized spacial score (nSPS) is 12.0. The number of amides is 1. The van der Waals surface area contributed by atoms with Crippen LogP contribution in [-0.4, -0.2) is 11.9 Å². The van der Waals surface area contributed by atoms with E-state index in [1.54, 1.807) is 6.07 Å². The van der Waals surface area contributed by atoms with Crippen molar-refractivity contribution in [1.82, 2.24) is 5.32 Å². The number of benzene rings is 2. The van der Waals surface area contributed by atoms with Gasteiger partial charge in [-0.3, -0.25) is 4.79 Å². The Morgan fingerprint density at radius 2 is 2.10 bits per heavy atom. The molecule has 1 amide bonds. The third kappa shape index (κ3) is 4.20. The van der Waals surface area contributed by atoms with Crippen molar-refractivity contribution in [3.8, 4) is 0 Å². The SMILES string of the molecule is CC(Cc1cccc(Cl)c1)NC(=O)c1ccc(N)c(F)c1. The van der Waals surface area contributed by atoms with Crippen molar-refractivity contribution in [3.63, 3.8) is 0 Å². The zero-order chi connectivity index (χ0) is 15.4. The summed E-state index contributed by atoms with van der Waals surface area (Å²) in [6.07, 6.45) is 0.643. The molecule has 0 aliphatic rings. The molecular weight excluding hydrogens is 291 g/mol. The minimum atomic E-state index is -0.592. The van der Waals surface area contributed by atoms with E-state index in [0.29, 0.717) is 11.4 Å². The second-order valence-corrected chi connectivity index (χ2v) is 5.38. The van der Waals surface area contributed by atoms with Crippen LogP contribution < -0.4 is 11.1 Å². The summed E-state index contributed by atoms with van der Waals surface area (Å²) in [6, 6.07) is 11.4. The highest BCUT2D eigenvalue weighted by molar-refractivity contribution is 6.30. The van der Waals surface area contributed by atoms with Crippen molar-refractivity contribution in [2.45, 2.75) is 19.4 Å². The average molecular weight is 307 g/mol. The molecule has 0 aliphatic carbocycles. The maximum Gasteiger partial charge on any atom is 0.251 e.